The zero-order valence-electron chi connectivity index (χ0n) is 7.43. The van der Waals surface area contributed by atoms with Crippen molar-refractivity contribution in [3.8, 4) is 0 Å². The van der Waals surface area contributed by atoms with E-state index in [9.17, 15) is 4.79 Å². The van der Waals surface area contributed by atoms with Crippen LogP contribution in [0.4, 0.5) is 0 Å². The van der Waals surface area contributed by atoms with E-state index in [0.717, 1.165) is 5.57 Å². The Morgan fingerprint density at radius 3 is 2.00 bits per heavy atom. The van der Waals surface area contributed by atoms with Gasteiger partial charge in [-0.3, -0.25) is 4.79 Å². The number of carboxylic acid groups (broad SMARTS) is 1. The first-order valence-electron chi connectivity index (χ1n) is 3.79. The Balaban J connectivity index is 2.73. The predicted molar refractivity (Wildman–Crippen MR) is 47.2 cm³/mol. The van der Waals surface area contributed by atoms with Crippen molar-refractivity contribution in [2.45, 2.75) is 26.6 Å². The highest BCUT2D eigenvalue weighted by molar-refractivity contribution is 6.84. The number of rotatable bonds is 2. The van der Waals surface area contributed by atoms with Gasteiger partial charge in [-0.1, -0.05) is 30.4 Å². The van der Waals surface area contributed by atoms with Gasteiger partial charge in [-0.15, -0.1) is 0 Å². The Morgan fingerprint density at radius 2 is 1.91 bits per heavy atom. The third-order valence-electron chi connectivity index (χ3n) is 2.12. The molecule has 0 saturated heterocycles. The van der Waals surface area contributed by atoms with Crippen LogP contribution in [-0.2, 0) is 4.79 Å². The summed E-state index contributed by atoms with van der Waals surface area (Å²) < 4.78 is 0. The van der Waals surface area contributed by atoms with E-state index >= 15 is 0 Å². The topological polar surface area (TPSA) is 37.3 Å². The molecule has 0 aromatic heterocycles. The number of hydrogen-bond acceptors (Lipinski definition) is 1. The van der Waals surface area contributed by atoms with Crippen LogP contribution in [0.2, 0.25) is 19.6 Å². The minimum Gasteiger partial charge on any atom is -0.481 e. The summed E-state index contributed by atoms with van der Waals surface area (Å²) in [5, 5.41) is 9.98. The summed E-state index contributed by atoms with van der Waals surface area (Å²) in [6.45, 7) is 8.50. The van der Waals surface area contributed by atoms with Gasteiger partial charge in [-0.25, -0.2) is 0 Å². The summed E-state index contributed by atoms with van der Waals surface area (Å²) in [5.41, 5.74) is 1.11. The molecule has 1 aliphatic carbocycles. The summed E-state index contributed by atoms with van der Waals surface area (Å²) in [5.74, 6) is -0.860. The predicted octanol–water partition coefficient (Wildman–Crippen LogP) is 1.89. The second-order valence-electron chi connectivity index (χ2n) is 4.12. The molecule has 0 heterocycles. The molecule has 0 amide bonds. The van der Waals surface area contributed by atoms with Crippen molar-refractivity contribution in [3.63, 3.8) is 0 Å². The average molecular weight is 170 g/mol. The van der Waals surface area contributed by atoms with Gasteiger partial charge in [0, 0.05) is 0 Å². The van der Waals surface area contributed by atoms with Crippen LogP contribution < -0.4 is 0 Å². The molecule has 1 aliphatic rings. The normalized spacial score (nSPS) is 23.8. The zero-order chi connectivity index (χ0) is 8.81. The van der Waals surface area contributed by atoms with Gasteiger partial charge in [0.15, 0.2) is 0 Å². The maximum atomic E-state index is 10.6. The molecule has 2 nitrogen and oxygen atoms in total. The van der Waals surface area contributed by atoms with Gasteiger partial charge in [0.05, 0.1) is 14.0 Å². The monoisotopic (exact) mass is 170 g/mol. The molecule has 3 heteroatoms. The van der Waals surface area contributed by atoms with E-state index in [-0.39, 0.29) is 5.92 Å². The van der Waals surface area contributed by atoms with Crippen LogP contribution in [0.25, 0.3) is 0 Å². The summed E-state index contributed by atoms with van der Waals surface area (Å²) in [7, 11) is -1.31. The highest BCUT2D eigenvalue weighted by Gasteiger charge is 2.45. The first-order valence-corrected chi connectivity index (χ1v) is 7.29. The maximum absolute atomic E-state index is 10.6. The first-order chi connectivity index (χ1) is 4.85. The fraction of sp³-hybridized carbons (Fsp3) is 0.625. The Kier molecular flexibility index (Phi) is 1.71. The molecule has 0 fully saturated rings. The molecule has 1 rings (SSSR count). The molecule has 1 unspecified atom stereocenters. The van der Waals surface area contributed by atoms with Crippen LogP contribution in [0, 0.1) is 5.92 Å². The van der Waals surface area contributed by atoms with Gasteiger partial charge in [0.25, 0.3) is 0 Å². The van der Waals surface area contributed by atoms with Crippen LogP contribution in [0.15, 0.2) is 10.8 Å². The van der Waals surface area contributed by atoms with E-state index in [1.165, 1.54) is 5.20 Å². The van der Waals surface area contributed by atoms with Crippen molar-refractivity contribution < 1.29 is 9.90 Å². The summed E-state index contributed by atoms with van der Waals surface area (Å²) in [6.07, 6.45) is 0. The van der Waals surface area contributed by atoms with Gasteiger partial charge >= 0.3 is 5.97 Å². The minimum absolute atomic E-state index is 0.193. The lowest BCUT2D eigenvalue weighted by Gasteiger charge is -2.11. The quantitative estimate of drug-likeness (QED) is 0.643. The second kappa shape index (κ2) is 2.20. The van der Waals surface area contributed by atoms with Crippen molar-refractivity contribution in [2.75, 3.05) is 0 Å². The van der Waals surface area contributed by atoms with Gasteiger partial charge in [-0.05, 0) is 6.92 Å². The van der Waals surface area contributed by atoms with E-state index in [1.807, 2.05) is 6.92 Å². The average Bonchev–Trinajstić information content (AvgIpc) is 2.38. The second-order valence-corrected chi connectivity index (χ2v) is 9.16. The number of carbonyl (C=O) groups is 1. The van der Waals surface area contributed by atoms with Gasteiger partial charge in [0.1, 0.15) is 0 Å². The lowest BCUT2D eigenvalue weighted by Crippen LogP contribution is -2.22. The maximum Gasteiger partial charge on any atom is 0.314 e. The van der Waals surface area contributed by atoms with E-state index in [2.05, 4.69) is 19.6 Å². The number of hydrogen-bond donors (Lipinski definition) is 1. The van der Waals surface area contributed by atoms with Crippen LogP contribution in [0.5, 0.6) is 0 Å². The number of aliphatic carboxylic acids is 1. The van der Waals surface area contributed by atoms with Crippen LogP contribution in [0.3, 0.4) is 0 Å². The lowest BCUT2D eigenvalue weighted by molar-refractivity contribution is -0.137. The summed E-state index contributed by atoms with van der Waals surface area (Å²) in [6, 6.07) is 0. The molecule has 0 aliphatic heterocycles. The molecule has 0 aromatic carbocycles. The minimum atomic E-state index is -1.31. The van der Waals surface area contributed by atoms with Crippen molar-refractivity contribution in [1.82, 2.24) is 0 Å². The van der Waals surface area contributed by atoms with Crippen LogP contribution >= 0.6 is 0 Å². The Hall–Kier alpha value is -0.573. The number of carboxylic acids is 1. The third-order valence-corrected chi connectivity index (χ3v) is 4.42. The molecule has 0 saturated carbocycles. The van der Waals surface area contributed by atoms with Crippen molar-refractivity contribution in [1.29, 1.82) is 0 Å². The highest BCUT2D eigenvalue weighted by atomic mass is 28.3. The molecule has 0 spiro atoms. The van der Waals surface area contributed by atoms with Gasteiger partial charge in [0.2, 0.25) is 0 Å². The van der Waals surface area contributed by atoms with Crippen molar-refractivity contribution in [2.24, 2.45) is 5.92 Å². The van der Waals surface area contributed by atoms with Crippen LogP contribution in [-0.4, -0.2) is 19.1 Å². The fourth-order valence-electron chi connectivity index (χ4n) is 1.66. The van der Waals surface area contributed by atoms with E-state index < -0.39 is 14.0 Å². The molecule has 0 aromatic rings. The van der Waals surface area contributed by atoms with E-state index in [0.29, 0.717) is 0 Å². The van der Waals surface area contributed by atoms with Crippen molar-refractivity contribution >= 4 is 14.0 Å². The summed E-state index contributed by atoms with van der Waals surface area (Å²) >= 11 is 0. The van der Waals surface area contributed by atoms with E-state index in [4.69, 9.17) is 5.11 Å². The van der Waals surface area contributed by atoms with Crippen molar-refractivity contribution in [3.05, 3.63) is 10.8 Å². The third kappa shape index (κ3) is 1.38. The molecule has 62 valence electrons. The largest absolute Gasteiger partial charge is 0.481 e. The zero-order valence-corrected chi connectivity index (χ0v) is 8.43. The Morgan fingerprint density at radius 1 is 1.45 bits per heavy atom. The standard InChI is InChI=1S/C8H14O2Si/c1-5-6(8(9)10)7(5)11(2,3)4/h6H,1-4H3,(H,9,10). The molecule has 0 radical (unpaired) electrons. The lowest BCUT2D eigenvalue weighted by atomic mass is 10.3. The molecular formula is C8H14O2Si. The smallest absolute Gasteiger partial charge is 0.314 e. The summed E-state index contributed by atoms with van der Waals surface area (Å²) in [4.78, 5) is 10.6. The van der Waals surface area contributed by atoms with Gasteiger partial charge in [-0.2, -0.15) is 0 Å². The molecule has 11 heavy (non-hydrogen) atoms. The Bertz CT molecular complexity index is 235. The first kappa shape index (κ1) is 8.52. The Labute approximate surface area is 67.9 Å². The van der Waals surface area contributed by atoms with Crippen LogP contribution in [0.1, 0.15) is 6.92 Å². The van der Waals surface area contributed by atoms with Gasteiger partial charge < -0.3 is 5.11 Å². The molecule has 1 atom stereocenters. The SMILES string of the molecule is CC1=C([Si](C)(C)C)C1C(=O)O. The highest BCUT2D eigenvalue weighted by Crippen LogP contribution is 2.44. The molecule has 0 bridgehead atoms. The molecule has 1 N–H and O–H groups in total. The molecular weight excluding hydrogens is 156 g/mol. The fourth-order valence-corrected chi connectivity index (χ4v) is 4.12. The van der Waals surface area contributed by atoms with E-state index in [1.54, 1.807) is 0 Å².